The number of nitrogens with zero attached hydrogens (tertiary/aromatic N) is 4. The van der Waals surface area contributed by atoms with Crippen molar-refractivity contribution in [3.05, 3.63) is 34.4 Å². The molecular weight excluding hydrogens is 322 g/mol. The lowest BCUT2D eigenvalue weighted by Crippen LogP contribution is -2.28. The molecule has 0 atom stereocenters. The summed E-state index contributed by atoms with van der Waals surface area (Å²) in [6, 6.07) is 1.49. The van der Waals surface area contributed by atoms with E-state index in [-0.39, 0.29) is 18.1 Å². The third-order valence-corrected chi connectivity index (χ3v) is 3.91. The predicted octanol–water partition coefficient (Wildman–Crippen LogP) is 1.25. The van der Waals surface area contributed by atoms with E-state index in [1.165, 1.54) is 12.3 Å². The zero-order chi connectivity index (χ0) is 17.0. The number of carbonyl (C=O) groups is 2. The Kier molecular flexibility index (Phi) is 5.38. The van der Waals surface area contributed by atoms with Crippen molar-refractivity contribution >= 4 is 23.5 Å². The average molecular weight is 340 g/mol. The molecular formula is C14H18ClN5O3. The molecule has 2 aromatic rings. The summed E-state index contributed by atoms with van der Waals surface area (Å²) in [5.74, 6) is -1.40. The molecule has 1 amide bonds. The van der Waals surface area contributed by atoms with Gasteiger partial charge in [0.25, 0.3) is 5.91 Å². The van der Waals surface area contributed by atoms with Crippen LogP contribution in [0.5, 0.6) is 0 Å². The standard InChI is InChI=1S/C14H18ClN5O3/c1-9-13(15)10(2)19(18-9)7-3-5-16-14(23)11-4-6-17-20(11)8-12(21)22/h4,6H,3,5,7-8H2,1-2H3,(H,16,23)(H,21,22). The van der Waals surface area contributed by atoms with Crippen LogP contribution >= 0.6 is 11.6 Å². The number of halogens is 1. The zero-order valence-corrected chi connectivity index (χ0v) is 13.7. The zero-order valence-electron chi connectivity index (χ0n) is 12.9. The molecule has 0 radical (unpaired) electrons. The second kappa shape index (κ2) is 7.28. The van der Waals surface area contributed by atoms with Crippen LogP contribution in [0.25, 0.3) is 0 Å². The number of aliphatic carboxylic acids is 1. The number of rotatable bonds is 7. The van der Waals surface area contributed by atoms with E-state index in [1.807, 2.05) is 13.8 Å². The van der Waals surface area contributed by atoms with Crippen molar-refractivity contribution in [1.29, 1.82) is 0 Å². The molecule has 0 saturated heterocycles. The molecule has 2 heterocycles. The number of carbonyl (C=O) groups excluding carboxylic acids is 1. The van der Waals surface area contributed by atoms with E-state index < -0.39 is 5.97 Å². The van der Waals surface area contributed by atoms with Gasteiger partial charge in [0.1, 0.15) is 12.2 Å². The summed E-state index contributed by atoms with van der Waals surface area (Å²) in [4.78, 5) is 22.7. The van der Waals surface area contributed by atoms with Gasteiger partial charge in [-0.25, -0.2) is 4.68 Å². The SMILES string of the molecule is Cc1nn(CCCNC(=O)c2ccnn2CC(=O)O)c(C)c1Cl. The Morgan fingerprint density at radius 1 is 1.35 bits per heavy atom. The van der Waals surface area contributed by atoms with Crippen molar-refractivity contribution in [2.24, 2.45) is 0 Å². The third-order valence-electron chi connectivity index (χ3n) is 3.36. The molecule has 9 heteroatoms. The van der Waals surface area contributed by atoms with Gasteiger partial charge in [0.05, 0.1) is 16.4 Å². The number of carboxylic acids is 1. The summed E-state index contributed by atoms with van der Waals surface area (Å²) in [7, 11) is 0. The number of amides is 1. The Morgan fingerprint density at radius 2 is 2.09 bits per heavy atom. The van der Waals surface area contributed by atoms with E-state index in [2.05, 4.69) is 15.5 Å². The highest BCUT2D eigenvalue weighted by atomic mass is 35.5. The smallest absolute Gasteiger partial charge is 0.325 e. The highest BCUT2D eigenvalue weighted by Crippen LogP contribution is 2.18. The van der Waals surface area contributed by atoms with E-state index in [1.54, 1.807) is 4.68 Å². The fourth-order valence-corrected chi connectivity index (χ4v) is 2.33. The molecule has 2 aromatic heterocycles. The fourth-order valence-electron chi connectivity index (χ4n) is 2.19. The quantitative estimate of drug-likeness (QED) is 0.739. The van der Waals surface area contributed by atoms with Crippen molar-refractivity contribution in [3.8, 4) is 0 Å². The van der Waals surface area contributed by atoms with Gasteiger partial charge in [-0.1, -0.05) is 11.6 Å². The maximum Gasteiger partial charge on any atom is 0.325 e. The highest BCUT2D eigenvalue weighted by molar-refractivity contribution is 6.31. The van der Waals surface area contributed by atoms with Crippen LogP contribution in [0.2, 0.25) is 5.02 Å². The van der Waals surface area contributed by atoms with Crippen molar-refractivity contribution in [2.75, 3.05) is 6.54 Å². The fraction of sp³-hybridized carbons (Fsp3) is 0.429. The minimum Gasteiger partial charge on any atom is -0.480 e. The molecule has 0 aromatic carbocycles. The van der Waals surface area contributed by atoms with Gasteiger partial charge in [-0.2, -0.15) is 10.2 Å². The molecule has 2 rings (SSSR count). The normalized spacial score (nSPS) is 10.7. The molecule has 8 nitrogen and oxygen atoms in total. The highest BCUT2D eigenvalue weighted by Gasteiger charge is 2.14. The third kappa shape index (κ3) is 4.10. The minimum absolute atomic E-state index is 0.224. The van der Waals surface area contributed by atoms with Crippen LogP contribution in [0, 0.1) is 13.8 Å². The average Bonchev–Trinajstić information content (AvgIpc) is 3.04. The van der Waals surface area contributed by atoms with E-state index in [4.69, 9.17) is 16.7 Å². The van der Waals surface area contributed by atoms with E-state index >= 15 is 0 Å². The Hall–Kier alpha value is -2.35. The maximum atomic E-state index is 12.0. The van der Waals surface area contributed by atoms with Gasteiger partial charge in [0.15, 0.2) is 0 Å². The first-order valence-corrected chi connectivity index (χ1v) is 7.49. The molecule has 0 aliphatic rings. The van der Waals surface area contributed by atoms with Gasteiger partial charge in [0, 0.05) is 19.3 Å². The molecule has 0 aliphatic heterocycles. The van der Waals surface area contributed by atoms with Crippen LogP contribution in [0.4, 0.5) is 0 Å². The molecule has 0 aliphatic carbocycles. The Bertz CT molecular complexity index is 722. The van der Waals surface area contributed by atoms with Crippen LogP contribution in [-0.4, -0.2) is 43.1 Å². The topological polar surface area (TPSA) is 102 Å². The number of aromatic nitrogens is 4. The monoisotopic (exact) mass is 339 g/mol. The second-order valence-electron chi connectivity index (χ2n) is 5.09. The van der Waals surface area contributed by atoms with Crippen LogP contribution in [-0.2, 0) is 17.9 Å². The molecule has 23 heavy (non-hydrogen) atoms. The summed E-state index contributed by atoms with van der Waals surface area (Å²) in [6.07, 6.45) is 2.08. The lowest BCUT2D eigenvalue weighted by molar-refractivity contribution is -0.137. The predicted molar refractivity (Wildman–Crippen MR) is 83.5 cm³/mol. The molecule has 0 bridgehead atoms. The maximum absolute atomic E-state index is 12.0. The largest absolute Gasteiger partial charge is 0.480 e. The minimum atomic E-state index is -1.05. The number of aryl methyl sites for hydroxylation is 2. The Labute approximate surface area is 138 Å². The van der Waals surface area contributed by atoms with Gasteiger partial charge >= 0.3 is 5.97 Å². The lowest BCUT2D eigenvalue weighted by Gasteiger charge is -2.08. The van der Waals surface area contributed by atoms with Crippen molar-refractivity contribution < 1.29 is 14.7 Å². The number of carboxylic acid groups (broad SMARTS) is 1. The van der Waals surface area contributed by atoms with Crippen LogP contribution in [0.1, 0.15) is 28.3 Å². The van der Waals surface area contributed by atoms with E-state index in [9.17, 15) is 9.59 Å². The molecule has 2 N–H and O–H groups in total. The first kappa shape index (κ1) is 17.0. The summed E-state index contributed by atoms with van der Waals surface area (Å²) in [5.41, 5.74) is 1.90. The lowest BCUT2D eigenvalue weighted by atomic mass is 10.3. The molecule has 0 unspecified atom stereocenters. The van der Waals surface area contributed by atoms with E-state index in [0.717, 1.165) is 16.1 Å². The summed E-state index contributed by atoms with van der Waals surface area (Å²) in [5, 5.41) is 20.3. The Morgan fingerprint density at radius 3 is 2.70 bits per heavy atom. The summed E-state index contributed by atoms with van der Waals surface area (Å²) in [6.45, 7) is 4.46. The van der Waals surface area contributed by atoms with Gasteiger partial charge in [-0.15, -0.1) is 0 Å². The van der Waals surface area contributed by atoms with Gasteiger partial charge in [0.2, 0.25) is 0 Å². The summed E-state index contributed by atoms with van der Waals surface area (Å²) >= 11 is 6.08. The molecule has 0 spiro atoms. The number of hydrogen-bond donors (Lipinski definition) is 2. The number of nitrogens with one attached hydrogen (secondary N) is 1. The van der Waals surface area contributed by atoms with Crippen molar-refractivity contribution in [3.63, 3.8) is 0 Å². The molecule has 0 fully saturated rings. The van der Waals surface area contributed by atoms with Gasteiger partial charge in [-0.05, 0) is 26.3 Å². The number of hydrogen-bond acceptors (Lipinski definition) is 4. The van der Waals surface area contributed by atoms with Crippen molar-refractivity contribution in [2.45, 2.75) is 33.4 Å². The second-order valence-corrected chi connectivity index (χ2v) is 5.46. The van der Waals surface area contributed by atoms with Gasteiger partial charge in [-0.3, -0.25) is 14.3 Å². The van der Waals surface area contributed by atoms with Crippen LogP contribution < -0.4 is 5.32 Å². The first-order chi connectivity index (χ1) is 10.9. The van der Waals surface area contributed by atoms with Crippen molar-refractivity contribution in [1.82, 2.24) is 24.9 Å². The van der Waals surface area contributed by atoms with Gasteiger partial charge < -0.3 is 10.4 Å². The molecule has 0 saturated carbocycles. The summed E-state index contributed by atoms with van der Waals surface area (Å²) < 4.78 is 2.96. The molecule has 124 valence electrons. The Balaban J connectivity index is 1.84. The first-order valence-electron chi connectivity index (χ1n) is 7.11. The van der Waals surface area contributed by atoms with Crippen LogP contribution in [0.3, 0.4) is 0 Å². The van der Waals surface area contributed by atoms with Crippen LogP contribution in [0.15, 0.2) is 12.3 Å². The van der Waals surface area contributed by atoms with E-state index in [0.29, 0.717) is 24.5 Å².